The molecule has 0 radical (unpaired) electrons. The number of para-hydroxylation sites is 1. The van der Waals surface area contributed by atoms with Crippen LogP contribution in [0.15, 0.2) is 72.9 Å². The van der Waals surface area contributed by atoms with E-state index in [-0.39, 0.29) is 23.8 Å². The molecule has 35 heavy (non-hydrogen) atoms. The molecule has 1 aliphatic heterocycles. The van der Waals surface area contributed by atoms with Crippen LogP contribution in [0.2, 0.25) is 0 Å². The normalized spacial score (nSPS) is 15.2. The maximum absolute atomic E-state index is 13.0. The summed E-state index contributed by atoms with van der Waals surface area (Å²) in [5.74, 6) is 0.0647. The number of H-pyrrole nitrogens is 1. The first-order chi connectivity index (χ1) is 17.2. The van der Waals surface area contributed by atoms with Gasteiger partial charge in [0.1, 0.15) is 0 Å². The second-order valence-corrected chi connectivity index (χ2v) is 9.46. The van der Waals surface area contributed by atoms with E-state index in [2.05, 4.69) is 51.3 Å². The number of aromatic nitrogens is 1. The van der Waals surface area contributed by atoms with Crippen molar-refractivity contribution >= 4 is 33.5 Å². The first-order valence-corrected chi connectivity index (χ1v) is 12.5. The molecule has 1 aliphatic rings. The van der Waals surface area contributed by atoms with Crippen LogP contribution in [0.3, 0.4) is 0 Å². The summed E-state index contributed by atoms with van der Waals surface area (Å²) in [6, 6.07) is 22.5. The molecule has 5 rings (SSSR count). The van der Waals surface area contributed by atoms with Crippen LogP contribution in [0.5, 0.6) is 0 Å². The Hall–Kier alpha value is -3.64. The van der Waals surface area contributed by atoms with Crippen molar-refractivity contribution in [3.63, 3.8) is 0 Å². The van der Waals surface area contributed by atoms with Crippen molar-refractivity contribution in [3.05, 3.63) is 84.1 Å². The summed E-state index contributed by atoms with van der Waals surface area (Å²) in [6.07, 6.45) is 4.56. The average molecular weight is 469 g/mol. The van der Waals surface area contributed by atoms with Crippen LogP contribution in [0.25, 0.3) is 21.7 Å². The number of carbonyl (C=O) groups is 2. The maximum atomic E-state index is 13.0. The van der Waals surface area contributed by atoms with Gasteiger partial charge in [0.2, 0.25) is 11.8 Å². The molecule has 2 amide bonds. The zero-order valence-electron chi connectivity index (χ0n) is 19.8. The van der Waals surface area contributed by atoms with Crippen LogP contribution < -0.4 is 16.0 Å². The summed E-state index contributed by atoms with van der Waals surface area (Å²) in [5, 5.41) is 13.1. The molecule has 1 atom stereocenters. The number of fused-ring (bicyclic) bond motifs is 2. The van der Waals surface area contributed by atoms with Crippen LogP contribution in [0, 0.1) is 5.92 Å². The van der Waals surface area contributed by atoms with Gasteiger partial charge in [-0.3, -0.25) is 9.59 Å². The zero-order valence-corrected chi connectivity index (χ0v) is 19.8. The summed E-state index contributed by atoms with van der Waals surface area (Å²) in [5.41, 5.74) is 3.15. The Morgan fingerprint density at radius 1 is 0.943 bits per heavy atom. The average Bonchev–Trinajstić information content (AvgIpc) is 3.30. The molecule has 180 valence electrons. The van der Waals surface area contributed by atoms with E-state index < -0.39 is 0 Å². The van der Waals surface area contributed by atoms with Gasteiger partial charge in [-0.25, -0.2) is 0 Å². The minimum atomic E-state index is -0.175. The highest BCUT2D eigenvalue weighted by Crippen LogP contribution is 2.19. The Morgan fingerprint density at radius 2 is 1.71 bits per heavy atom. The van der Waals surface area contributed by atoms with Gasteiger partial charge < -0.3 is 20.9 Å². The van der Waals surface area contributed by atoms with Crippen molar-refractivity contribution in [3.8, 4) is 0 Å². The van der Waals surface area contributed by atoms with E-state index in [1.165, 1.54) is 10.8 Å². The maximum Gasteiger partial charge on any atom is 0.224 e. The highest BCUT2D eigenvalue weighted by Gasteiger charge is 2.24. The number of carbonyl (C=O) groups excluding carboxylic acids is 2. The summed E-state index contributed by atoms with van der Waals surface area (Å²) < 4.78 is 0. The summed E-state index contributed by atoms with van der Waals surface area (Å²) >= 11 is 0. The van der Waals surface area contributed by atoms with E-state index in [4.69, 9.17) is 0 Å². The van der Waals surface area contributed by atoms with Crippen LogP contribution in [-0.2, 0) is 22.4 Å². The minimum absolute atomic E-state index is 0.0253. The second-order valence-electron chi connectivity index (χ2n) is 9.46. The molecular formula is C29H32N4O2. The van der Waals surface area contributed by atoms with Crippen molar-refractivity contribution in [2.45, 2.75) is 31.7 Å². The second kappa shape index (κ2) is 10.7. The number of rotatable bonds is 8. The summed E-state index contributed by atoms with van der Waals surface area (Å²) in [4.78, 5) is 29.1. The van der Waals surface area contributed by atoms with Gasteiger partial charge in [-0.15, -0.1) is 0 Å². The number of amides is 2. The minimum Gasteiger partial charge on any atom is -0.361 e. The molecule has 4 aromatic rings. The quantitative estimate of drug-likeness (QED) is 0.318. The van der Waals surface area contributed by atoms with Crippen molar-refractivity contribution < 1.29 is 9.59 Å². The molecule has 0 aliphatic carbocycles. The van der Waals surface area contributed by atoms with Crippen molar-refractivity contribution in [2.24, 2.45) is 5.92 Å². The Kier molecular flexibility index (Phi) is 7.09. The third-order valence-electron chi connectivity index (χ3n) is 6.92. The lowest BCUT2D eigenvalue weighted by Crippen LogP contribution is -2.48. The monoisotopic (exact) mass is 468 g/mol. The highest BCUT2D eigenvalue weighted by atomic mass is 16.2. The fourth-order valence-electron chi connectivity index (χ4n) is 4.98. The van der Waals surface area contributed by atoms with E-state index in [9.17, 15) is 9.59 Å². The van der Waals surface area contributed by atoms with Crippen LogP contribution >= 0.6 is 0 Å². The van der Waals surface area contributed by atoms with Crippen molar-refractivity contribution in [1.29, 1.82) is 0 Å². The molecule has 1 saturated heterocycles. The lowest BCUT2D eigenvalue weighted by atomic mass is 9.96. The first-order valence-electron chi connectivity index (χ1n) is 12.5. The van der Waals surface area contributed by atoms with Crippen molar-refractivity contribution in [1.82, 2.24) is 20.9 Å². The molecule has 4 N–H and O–H groups in total. The Labute approximate surface area is 205 Å². The summed E-state index contributed by atoms with van der Waals surface area (Å²) in [7, 11) is 0. The molecule has 6 heteroatoms. The van der Waals surface area contributed by atoms with E-state index in [1.807, 2.05) is 42.6 Å². The van der Waals surface area contributed by atoms with E-state index in [1.54, 1.807) is 0 Å². The third kappa shape index (κ3) is 5.72. The number of nitrogens with one attached hydrogen (secondary N) is 4. The van der Waals surface area contributed by atoms with Gasteiger partial charge in [-0.1, -0.05) is 60.7 Å². The van der Waals surface area contributed by atoms with Crippen LogP contribution in [-0.4, -0.2) is 42.5 Å². The molecule has 6 nitrogen and oxygen atoms in total. The van der Waals surface area contributed by atoms with E-state index >= 15 is 0 Å². The molecule has 1 aromatic heterocycles. The van der Waals surface area contributed by atoms with Gasteiger partial charge in [-0.05, 0) is 60.3 Å². The SMILES string of the molecule is O=C(Cc1c[nH]c2ccccc12)NC[C@@H](Cc1ccc2ccccc2c1)NC(=O)C1CCNCC1. The van der Waals surface area contributed by atoms with Gasteiger partial charge in [0.15, 0.2) is 0 Å². The Bertz CT molecular complexity index is 1320. The first kappa shape index (κ1) is 23.1. The van der Waals surface area contributed by atoms with Gasteiger partial charge in [0.05, 0.1) is 12.5 Å². The van der Waals surface area contributed by atoms with Crippen LogP contribution in [0.1, 0.15) is 24.0 Å². The molecule has 0 spiro atoms. The smallest absolute Gasteiger partial charge is 0.224 e. The number of aromatic amines is 1. The highest BCUT2D eigenvalue weighted by molar-refractivity contribution is 5.89. The molecule has 2 heterocycles. The van der Waals surface area contributed by atoms with Gasteiger partial charge in [0, 0.05) is 29.6 Å². The van der Waals surface area contributed by atoms with Crippen LogP contribution in [0.4, 0.5) is 0 Å². The Balaban J connectivity index is 1.26. The number of benzene rings is 3. The van der Waals surface area contributed by atoms with Gasteiger partial charge in [0.25, 0.3) is 0 Å². The predicted molar refractivity (Wildman–Crippen MR) is 140 cm³/mol. The van der Waals surface area contributed by atoms with E-state index in [0.29, 0.717) is 19.4 Å². The fraction of sp³-hybridized carbons (Fsp3) is 0.310. The molecule has 0 unspecified atom stereocenters. The molecule has 3 aromatic carbocycles. The zero-order chi connectivity index (χ0) is 24.0. The molecule has 0 bridgehead atoms. The van der Waals surface area contributed by atoms with E-state index in [0.717, 1.165) is 48.0 Å². The summed E-state index contributed by atoms with van der Waals surface area (Å²) in [6.45, 7) is 2.13. The number of hydrogen-bond donors (Lipinski definition) is 4. The fourth-order valence-corrected chi connectivity index (χ4v) is 4.98. The lowest BCUT2D eigenvalue weighted by Gasteiger charge is -2.26. The van der Waals surface area contributed by atoms with Crippen molar-refractivity contribution in [2.75, 3.05) is 19.6 Å². The van der Waals surface area contributed by atoms with Gasteiger partial charge in [-0.2, -0.15) is 0 Å². The topological polar surface area (TPSA) is 86.0 Å². The van der Waals surface area contributed by atoms with Gasteiger partial charge >= 0.3 is 0 Å². The predicted octanol–water partition coefficient (Wildman–Crippen LogP) is 3.71. The number of hydrogen-bond acceptors (Lipinski definition) is 3. The standard InChI is InChI=1S/C29H32N4O2/c34-28(17-24-18-31-27-8-4-3-7-26(24)27)32-19-25(33-29(35)22-11-13-30-14-12-22)16-20-9-10-21-5-1-2-6-23(21)15-20/h1-10,15,18,22,25,30-31H,11-14,16-17,19H2,(H,32,34)(H,33,35)/t25-/m1/s1. The lowest BCUT2D eigenvalue weighted by molar-refractivity contribution is -0.127. The number of piperidine rings is 1. The molecular weight excluding hydrogens is 436 g/mol. The molecule has 0 saturated carbocycles. The largest absolute Gasteiger partial charge is 0.361 e. The Morgan fingerprint density at radius 3 is 2.57 bits per heavy atom. The third-order valence-corrected chi connectivity index (χ3v) is 6.92. The molecule has 1 fully saturated rings.